The Morgan fingerprint density at radius 3 is 1.40 bits per heavy atom. The van der Waals surface area contributed by atoms with Crippen LogP contribution in [-0.4, -0.2) is 19.1 Å². The number of fused-ring (bicyclic) bond motifs is 6. The van der Waals surface area contributed by atoms with Crippen LogP contribution < -0.4 is 0 Å². The first kappa shape index (κ1) is 28.3. The molecule has 0 aliphatic heterocycles. The van der Waals surface area contributed by atoms with E-state index >= 15 is 0 Å². The summed E-state index contributed by atoms with van der Waals surface area (Å²) in [6, 6.07) is 64.2. The Kier molecular flexibility index (Phi) is 6.46. The molecule has 10 aromatic rings. The average Bonchev–Trinajstić information content (AvgIpc) is 3.72. The molecule has 0 bridgehead atoms. The number of benzene rings is 7. The van der Waals surface area contributed by atoms with Crippen molar-refractivity contribution >= 4 is 43.6 Å². The van der Waals surface area contributed by atoms with Gasteiger partial charge in [0, 0.05) is 43.9 Å². The van der Waals surface area contributed by atoms with Crippen LogP contribution in [0.1, 0.15) is 0 Å². The molecule has 0 saturated carbocycles. The maximum Gasteiger partial charge on any atom is 0.160 e. The van der Waals surface area contributed by atoms with Crippen LogP contribution in [0.25, 0.3) is 88.9 Å². The second-order valence-corrected chi connectivity index (χ2v) is 12.6. The van der Waals surface area contributed by atoms with Crippen molar-refractivity contribution in [3.8, 4) is 45.3 Å². The number of nitrogens with zero attached hydrogens (tertiary/aromatic N) is 4. The van der Waals surface area contributed by atoms with Gasteiger partial charge in [-0.3, -0.25) is 0 Å². The Bertz CT molecular complexity index is 2740. The van der Waals surface area contributed by atoms with E-state index in [1.165, 1.54) is 38.3 Å². The van der Waals surface area contributed by atoms with Crippen molar-refractivity contribution in [2.24, 2.45) is 0 Å². The summed E-state index contributed by atoms with van der Waals surface area (Å²) in [5.41, 5.74) is 11.9. The molecule has 0 unspecified atom stereocenters. The first-order valence-corrected chi connectivity index (χ1v) is 16.9. The highest BCUT2D eigenvalue weighted by atomic mass is 15.0. The minimum atomic E-state index is 0.702. The van der Waals surface area contributed by atoms with Gasteiger partial charge in [0.05, 0.1) is 39.1 Å². The Hall–Kier alpha value is -6.78. The summed E-state index contributed by atoms with van der Waals surface area (Å²) in [5.74, 6) is 0.702. The van der Waals surface area contributed by atoms with Gasteiger partial charge < -0.3 is 9.13 Å². The molecule has 234 valence electrons. The SMILES string of the molecule is c1ccc(-c2cc(-c3ccccc3)nc(-c3ccc(-n4c5ccccc5c5c(-n6c7ccccc7c7ccccc76)cccc54)cc3)n2)cc1. The van der Waals surface area contributed by atoms with Crippen LogP contribution in [0.5, 0.6) is 0 Å². The van der Waals surface area contributed by atoms with Gasteiger partial charge in [-0.05, 0) is 60.7 Å². The normalized spacial score (nSPS) is 11.6. The summed E-state index contributed by atoms with van der Waals surface area (Å²) in [6.07, 6.45) is 0. The smallest absolute Gasteiger partial charge is 0.160 e. The second kappa shape index (κ2) is 11.4. The van der Waals surface area contributed by atoms with E-state index in [4.69, 9.17) is 9.97 Å². The van der Waals surface area contributed by atoms with E-state index in [0.717, 1.165) is 44.8 Å². The standard InChI is InChI=1S/C46H30N4/c1-3-14-31(15-4-1)38-30-39(32-16-5-2-6-17-32)48-46(47-38)33-26-28-34(29-27-33)49-42-23-12-9-20-37(42)45-43(49)24-13-25-44(45)50-40-21-10-7-18-35(40)36-19-8-11-22-41(36)50/h1-30H. The lowest BCUT2D eigenvalue weighted by atomic mass is 10.1. The number of hydrogen-bond acceptors (Lipinski definition) is 2. The minimum absolute atomic E-state index is 0.702. The molecule has 0 atom stereocenters. The van der Waals surface area contributed by atoms with Crippen LogP contribution >= 0.6 is 0 Å². The van der Waals surface area contributed by atoms with Crippen molar-refractivity contribution in [1.82, 2.24) is 19.1 Å². The van der Waals surface area contributed by atoms with Crippen molar-refractivity contribution in [1.29, 1.82) is 0 Å². The van der Waals surface area contributed by atoms with Crippen LogP contribution in [0.3, 0.4) is 0 Å². The Morgan fingerprint density at radius 2 is 0.820 bits per heavy atom. The monoisotopic (exact) mass is 638 g/mol. The van der Waals surface area contributed by atoms with Gasteiger partial charge in [0.25, 0.3) is 0 Å². The van der Waals surface area contributed by atoms with Gasteiger partial charge in [-0.1, -0.05) is 121 Å². The van der Waals surface area contributed by atoms with E-state index in [9.17, 15) is 0 Å². The molecule has 0 radical (unpaired) electrons. The van der Waals surface area contributed by atoms with Gasteiger partial charge >= 0.3 is 0 Å². The highest BCUT2D eigenvalue weighted by Gasteiger charge is 2.19. The molecule has 0 amide bonds. The average molecular weight is 639 g/mol. The van der Waals surface area contributed by atoms with Gasteiger partial charge in [0.15, 0.2) is 5.82 Å². The van der Waals surface area contributed by atoms with Crippen molar-refractivity contribution in [3.05, 3.63) is 182 Å². The number of para-hydroxylation sites is 3. The van der Waals surface area contributed by atoms with Crippen molar-refractivity contribution in [2.45, 2.75) is 0 Å². The molecular weight excluding hydrogens is 609 g/mol. The van der Waals surface area contributed by atoms with Gasteiger partial charge in [-0.2, -0.15) is 0 Å². The molecule has 4 nitrogen and oxygen atoms in total. The molecule has 3 heterocycles. The van der Waals surface area contributed by atoms with Crippen LogP contribution in [0.2, 0.25) is 0 Å². The van der Waals surface area contributed by atoms with Gasteiger partial charge in [0.1, 0.15) is 0 Å². The summed E-state index contributed by atoms with van der Waals surface area (Å²) in [6.45, 7) is 0. The molecule has 7 aromatic carbocycles. The molecule has 0 N–H and O–H groups in total. The molecular formula is C46H30N4. The van der Waals surface area contributed by atoms with E-state index in [1.807, 2.05) is 36.4 Å². The van der Waals surface area contributed by atoms with Crippen LogP contribution in [-0.2, 0) is 0 Å². The first-order valence-electron chi connectivity index (χ1n) is 16.9. The lowest BCUT2D eigenvalue weighted by Gasteiger charge is -2.12. The van der Waals surface area contributed by atoms with Gasteiger partial charge in [0.2, 0.25) is 0 Å². The summed E-state index contributed by atoms with van der Waals surface area (Å²) in [5, 5.41) is 4.96. The van der Waals surface area contributed by atoms with E-state index < -0.39 is 0 Å². The summed E-state index contributed by atoms with van der Waals surface area (Å²) in [7, 11) is 0. The summed E-state index contributed by atoms with van der Waals surface area (Å²) >= 11 is 0. The van der Waals surface area contributed by atoms with E-state index in [0.29, 0.717) is 5.82 Å². The maximum atomic E-state index is 5.06. The fraction of sp³-hybridized carbons (Fsp3) is 0. The fourth-order valence-electron chi connectivity index (χ4n) is 7.50. The molecule has 0 aliphatic rings. The van der Waals surface area contributed by atoms with Crippen molar-refractivity contribution in [2.75, 3.05) is 0 Å². The van der Waals surface area contributed by atoms with Gasteiger partial charge in [-0.25, -0.2) is 9.97 Å². The predicted molar refractivity (Wildman–Crippen MR) is 207 cm³/mol. The molecule has 0 fully saturated rings. The number of hydrogen-bond donors (Lipinski definition) is 0. The van der Waals surface area contributed by atoms with Crippen LogP contribution in [0.15, 0.2) is 182 Å². The van der Waals surface area contributed by atoms with Crippen molar-refractivity contribution in [3.63, 3.8) is 0 Å². The largest absolute Gasteiger partial charge is 0.309 e. The number of rotatable bonds is 5. The highest BCUT2D eigenvalue weighted by Crippen LogP contribution is 2.40. The molecule has 10 rings (SSSR count). The quantitative estimate of drug-likeness (QED) is 0.188. The maximum absolute atomic E-state index is 5.06. The Balaban J connectivity index is 1.15. The molecule has 0 aliphatic carbocycles. The first-order chi connectivity index (χ1) is 24.8. The third-order valence-electron chi connectivity index (χ3n) is 9.75. The minimum Gasteiger partial charge on any atom is -0.309 e. The topological polar surface area (TPSA) is 35.6 Å². The lowest BCUT2D eigenvalue weighted by Crippen LogP contribution is -1.98. The second-order valence-electron chi connectivity index (χ2n) is 12.6. The predicted octanol–water partition coefficient (Wildman–Crippen LogP) is 11.7. The lowest BCUT2D eigenvalue weighted by molar-refractivity contribution is 1.16. The molecule has 0 saturated heterocycles. The highest BCUT2D eigenvalue weighted by molar-refractivity contribution is 6.16. The third-order valence-corrected chi connectivity index (χ3v) is 9.75. The van der Waals surface area contributed by atoms with E-state index in [1.54, 1.807) is 0 Å². The van der Waals surface area contributed by atoms with Crippen LogP contribution in [0, 0.1) is 0 Å². The molecule has 4 heteroatoms. The molecule has 3 aromatic heterocycles. The number of aromatic nitrogens is 4. The zero-order valence-electron chi connectivity index (χ0n) is 27.1. The van der Waals surface area contributed by atoms with Crippen LogP contribution in [0.4, 0.5) is 0 Å². The summed E-state index contributed by atoms with van der Waals surface area (Å²) in [4.78, 5) is 10.1. The van der Waals surface area contributed by atoms with E-state index in [-0.39, 0.29) is 0 Å². The molecule has 0 spiro atoms. The third kappa shape index (κ3) is 4.46. The fourth-order valence-corrected chi connectivity index (χ4v) is 7.50. The van der Waals surface area contributed by atoms with E-state index in [2.05, 4.69) is 155 Å². The van der Waals surface area contributed by atoms with Gasteiger partial charge in [-0.15, -0.1) is 0 Å². The zero-order valence-corrected chi connectivity index (χ0v) is 27.1. The van der Waals surface area contributed by atoms with Crippen molar-refractivity contribution < 1.29 is 0 Å². The zero-order chi connectivity index (χ0) is 33.0. The Labute approximate surface area is 289 Å². The summed E-state index contributed by atoms with van der Waals surface area (Å²) < 4.78 is 4.80. The Morgan fingerprint density at radius 1 is 0.340 bits per heavy atom. The molecule has 50 heavy (non-hydrogen) atoms.